The molecule has 2 heterocycles. The van der Waals surface area contributed by atoms with Crippen molar-refractivity contribution in [1.29, 1.82) is 0 Å². The molecule has 1 aliphatic heterocycles. The van der Waals surface area contributed by atoms with Crippen LogP contribution in [0.1, 0.15) is 21.6 Å². The molecule has 1 aromatic heterocycles. The van der Waals surface area contributed by atoms with E-state index in [4.69, 9.17) is 0 Å². The molecule has 0 saturated heterocycles. The van der Waals surface area contributed by atoms with Gasteiger partial charge < -0.3 is 14.8 Å². The van der Waals surface area contributed by atoms with Gasteiger partial charge >= 0.3 is 12.5 Å². The molecule has 156 valence electrons. The Morgan fingerprint density at radius 3 is 2.57 bits per heavy atom. The summed E-state index contributed by atoms with van der Waals surface area (Å²) in [5, 5.41) is 6.50. The fraction of sp³-hybridized carbons (Fsp3) is 0.158. The predicted octanol–water partition coefficient (Wildman–Crippen LogP) is 4.77. The quantitative estimate of drug-likeness (QED) is 0.614. The van der Waals surface area contributed by atoms with E-state index >= 15 is 0 Å². The minimum atomic E-state index is -4.52. The molecule has 2 aromatic carbocycles. The number of anilines is 1. The third kappa shape index (κ3) is 3.65. The average molecular weight is 425 g/mol. The van der Waals surface area contributed by atoms with E-state index in [1.807, 2.05) is 0 Å². The lowest BCUT2D eigenvalue weighted by atomic mass is 10.2. The first-order valence-corrected chi connectivity index (χ1v) is 8.47. The molecule has 1 aliphatic rings. The highest BCUT2D eigenvalue weighted by molar-refractivity contribution is 6.05. The van der Waals surface area contributed by atoms with Crippen molar-refractivity contribution in [3.63, 3.8) is 0 Å². The van der Waals surface area contributed by atoms with Crippen LogP contribution >= 0.6 is 0 Å². The van der Waals surface area contributed by atoms with Crippen LogP contribution in [-0.2, 0) is 6.18 Å². The topological polar surface area (TPSA) is 65.4 Å². The molecular formula is C19H12F5N3O3. The number of benzene rings is 2. The molecule has 30 heavy (non-hydrogen) atoms. The summed E-state index contributed by atoms with van der Waals surface area (Å²) in [6, 6.07) is 8.23. The number of aromatic nitrogens is 2. The second kappa shape index (κ2) is 6.71. The maximum Gasteiger partial charge on any atom is 0.586 e. The Morgan fingerprint density at radius 1 is 1.10 bits per heavy atom. The van der Waals surface area contributed by atoms with Gasteiger partial charge in [0.15, 0.2) is 11.5 Å². The number of amides is 1. The van der Waals surface area contributed by atoms with Crippen molar-refractivity contribution in [2.75, 3.05) is 5.32 Å². The summed E-state index contributed by atoms with van der Waals surface area (Å²) in [6.07, 6.45) is -7.10. The number of nitrogens with zero attached hydrogens (tertiary/aromatic N) is 2. The first-order chi connectivity index (χ1) is 14.0. The summed E-state index contributed by atoms with van der Waals surface area (Å²) >= 11 is 0. The molecule has 1 N–H and O–H groups in total. The van der Waals surface area contributed by atoms with Gasteiger partial charge in [-0.15, -0.1) is 8.78 Å². The van der Waals surface area contributed by atoms with Crippen LogP contribution in [0.2, 0.25) is 0 Å². The zero-order valence-corrected chi connectivity index (χ0v) is 15.1. The Labute approximate surface area is 165 Å². The average Bonchev–Trinajstić information content (AvgIpc) is 3.18. The molecule has 6 nitrogen and oxygen atoms in total. The van der Waals surface area contributed by atoms with Crippen LogP contribution in [0, 0.1) is 6.92 Å². The van der Waals surface area contributed by atoms with E-state index in [0.29, 0.717) is 5.69 Å². The van der Waals surface area contributed by atoms with Crippen LogP contribution in [0.25, 0.3) is 5.69 Å². The highest BCUT2D eigenvalue weighted by Gasteiger charge is 2.43. The Bertz CT molecular complexity index is 1140. The SMILES string of the molecule is Cc1c(C(=O)Nc2ccc3c(c2)OC(F)(F)O3)cnn1-c1cccc(C(F)(F)F)c1. The standard InChI is InChI=1S/C19H12F5N3O3/c1-10-14(9-25-27(10)13-4-2-3-11(7-13)18(20,21)22)17(28)26-12-5-6-15-16(8-12)30-19(23,24)29-15/h2-9H,1H3,(H,26,28). The lowest BCUT2D eigenvalue weighted by Crippen LogP contribution is -2.25. The van der Waals surface area contributed by atoms with Gasteiger partial charge in [0, 0.05) is 11.8 Å². The van der Waals surface area contributed by atoms with Crippen LogP contribution in [0.4, 0.5) is 27.6 Å². The second-order valence-corrected chi connectivity index (χ2v) is 6.39. The fourth-order valence-corrected chi connectivity index (χ4v) is 2.93. The third-order valence-corrected chi connectivity index (χ3v) is 4.33. The highest BCUT2D eigenvalue weighted by Crippen LogP contribution is 2.42. The van der Waals surface area contributed by atoms with E-state index < -0.39 is 23.9 Å². The van der Waals surface area contributed by atoms with Gasteiger partial charge in [0.05, 0.1) is 28.7 Å². The molecule has 0 bridgehead atoms. The smallest absolute Gasteiger partial charge is 0.395 e. The van der Waals surface area contributed by atoms with Crippen molar-refractivity contribution in [3.05, 3.63) is 65.5 Å². The van der Waals surface area contributed by atoms with E-state index in [1.54, 1.807) is 0 Å². The third-order valence-electron chi connectivity index (χ3n) is 4.33. The minimum absolute atomic E-state index is 0.0930. The number of ether oxygens (including phenoxy) is 2. The number of nitrogens with one attached hydrogen (secondary N) is 1. The minimum Gasteiger partial charge on any atom is -0.395 e. The molecule has 0 saturated carbocycles. The molecule has 0 spiro atoms. The maximum absolute atomic E-state index is 13.1. The van der Waals surface area contributed by atoms with Crippen molar-refractivity contribution in [2.45, 2.75) is 19.4 Å². The molecule has 11 heteroatoms. The lowest BCUT2D eigenvalue weighted by Gasteiger charge is -2.10. The zero-order chi connectivity index (χ0) is 21.7. The van der Waals surface area contributed by atoms with Gasteiger partial charge in [0.2, 0.25) is 0 Å². The van der Waals surface area contributed by atoms with Crippen LogP contribution in [0.15, 0.2) is 48.7 Å². The number of carbonyl (C=O) groups is 1. The van der Waals surface area contributed by atoms with Gasteiger partial charge in [0.25, 0.3) is 5.91 Å². The van der Waals surface area contributed by atoms with Gasteiger partial charge in [-0.1, -0.05) is 6.07 Å². The summed E-state index contributed by atoms with van der Waals surface area (Å²) in [6.45, 7) is 1.52. The molecule has 0 atom stereocenters. The van der Waals surface area contributed by atoms with E-state index in [-0.39, 0.29) is 28.4 Å². The van der Waals surface area contributed by atoms with Crippen LogP contribution in [0.3, 0.4) is 0 Å². The van der Waals surface area contributed by atoms with Gasteiger partial charge in [-0.25, -0.2) is 4.68 Å². The van der Waals surface area contributed by atoms with Crippen LogP contribution in [0.5, 0.6) is 11.5 Å². The zero-order valence-electron chi connectivity index (χ0n) is 15.1. The number of hydrogen-bond donors (Lipinski definition) is 1. The Hall–Kier alpha value is -3.63. The second-order valence-electron chi connectivity index (χ2n) is 6.39. The van der Waals surface area contributed by atoms with Crippen molar-refractivity contribution in [1.82, 2.24) is 9.78 Å². The number of carbonyl (C=O) groups excluding carboxylic acids is 1. The summed E-state index contributed by atoms with van der Waals surface area (Å²) in [5.74, 6) is -1.04. The largest absolute Gasteiger partial charge is 0.586 e. The highest BCUT2D eigenvalue weighted by atomic mass is 19.4. The molecule has 3 aromatic rings. The first-order valence-electron chi connectivity index (χ1n) is 8.47. The molecule has 0 radical (unpaired) electrons. The van der Waals surface area contributed by atoms with Gasteiger partial charge in [-0.2, -0.15) is 18.3 Å². The lowest BCUT2D eigenvalue weighted by molar-refractivity contribution is -0.286. The number of rotatable bonds is 3. The molecule has 0 fully saturated rings. The Kier molecular flexibility index (Phi) is 4.40. The van der Waals surface area contributed by atoms with Gasteiger partial charge in [0.1, 0.15) is 0 Å². The van der Waals surface area contributed by atoms with Gasteiger partial charge in [-0.3, -0.25) is 4.79 Å². The summed E-state index contributed by atoms with van der Waals surface area (Å²) in [4.78, 5) is 12.6. The van der Waals surface area contributed by atoms with E-state index in [2.05, 4.69) is 19.9 Å². The normalized spacial score (nSPS) is 14.6. The van der Waals surface area contributed by atoms with E-state index in [1.165, 1.54) is 48.1 Å². The molecule has 0 unspecified atom stereocenters. The maximum atomic E-state index is 13.1. The van der Waals surface area contributed by atoms with Crippen molar-refractivity contribution < 1.29 is 36.2 Å². The summed E-state index contributed by atoms with van der Waals surface area (Å²) in [7, 11) is 0. The molecule has 0 aliphatic carbocycles. The van der Waals surface area contributed by atoms with Crippen molar-refractivity contribution in [2.24, 2.45) is 0 Å². The van der Waals surface area contributed by atoms with E-state index in [0.717, 1.165) is 12.1 Å². The monoisotopic (exact) mass is 425 g/mol. The number of fused-ring (bicyclic) bond motifs is 1. The van der Waals surface area contributed by atoms with Crippen LogP contribution in [-0.4, -0.2) is 22.0 Å². The predicted molar refractivity (Wildman–Crippen MR) is 93.9 cm³/mol. The first kappa shape index (κ1) is 19.7. The fourth-order valence-electron chi connectivity index (χ4n) is 2.93. The Morgan fingerprint density at radius 2 is 1.83 bits per heavy atom. The molecule has 4 rings (SSSR count). The van der Waals surface area contributed by atoms with E-state index in [9.17, 15) is 26.7 Å². The summed E-state index contributed by atoms with van der Waals surface area (Å²) in [5.41, 5.74) is -0.175. The van der Waals surface area contributed by atoms with Crippen molar-refractivity contribution >= 4 is 11.6 Å². The van der Waals surface area contributed by atoms with Crippen LogP contribution < -0.4 is 14.8 Å². The molecular weight excluding hydrogens is 413 g/mol. The number of halogens is 5. The van der Waals surface area contributed by atoms with Crippen molar-refractivity contribution in [3.8, 4) is 17.2 Å². The number of hydrogen-bond acceptors (Lipinski definition) is 4. The number of alkyl halides is 5. The summed E-state index contributed by atoms with van der Waals surface area (Å²) < 4.78 is 74.8. The Balaban J connectivity index is 1.57. The van der Waals surface area contributed by atoms with Gasteiger partial charge in [-0.05, 0) is 37.3 Å². The molecule has 1 amide bonds.